The average molecular weight is 402 g/mol. The zero-order chi connectivity index (χ0) is 21.7. The minimum atomic E-state index is -0.847. The second-order valence-electron chi connectivity index (χ2n) is 7.91. The number of nitrogens with two attached hydrogens (primary N) is 1. The molecule has 8 heteroatoms. The second-order valence-corrected chi connectivity index (χ2v) is 7.91. The van der Waals surface area contributed by atoms with Crippen LogP contribution in [-0.2, 0) is 11.3 Å². The zero-order valence-corrected chi connectivity index (χ0v) is 17.6. The lowest BCUT2D eigenvalue weighted by Gasteiger charge is -2.28. The van der Waals surface area contributed by atoms with Gasteiger partial charge in [0.15, 0.2) is 11.8 Å². The molecular weight excluding hydrogens is 372 g/mol. The SMILES string of the molecule is CC(C)CN(C(=O)C(C)Oc1ccccc1)c1c(N)n(CC(C)C)c(=O)[nH]c1=O. The van der Waals surface area contributed by atoms with Crippen molar-refractivity contribution < 1.29 is 9.53 Å². The van der Waals surface area contributed by atoms with E-state index in [4.69, 9.17) is 10.5 Å². The number of para-hydroxylation sites is 1. The van der Waals surface area contributed by atoms with Gasteiger partial charge < -0.3 is 15.4 Å². The van der Waals surface area contributed by atoms with Crippen molar-refractivity contribution in [1.29, 1.82) is 0 Å². The number of hydrogen-bond donors (Lipinski definition) is 2. The third kappa shape index (κ3) is 5.49. The van der Waals surface area contributed by atoms with Gasteiger partial charge in [0.25, 0.3) is 11.5 Å². The number of H-pyrrole nitrogens is 1. The zero-order valence-electron chi connectivity index (χ0n) is 17.6. The molecule has 2 aromatic rings. The van der Waals surface area contributed by atoms with Crippen LogP contribution in [-0.4, -0.2) is 28.1 Å². The molecule has 0 aliphatic rings. The van der Waals surface area contributed by atoms with Gasteiger partial charge in [-0.25, -0.2) is 4.79 Å². The molecule has 29 heavy (non-hydrogen) atoms. The molecule has 0 radical (unpaired) electrons. The van der Waals surface area contributed by atoms with E-state index in [1.807, 2.05) is 45.9 Å². The summed E-state index contributed by atoms with van der Waals surface area (Å²) in [7, 11) is 0. The number of rotatable bonds is 8. The molecule has 0 saturated heterocycles. The Morgan fingerprint density at radius 3 is 2.28 bits per heavy atom. The van der Waals surface area contributed by atoms with Crippen molar-refractivity contribution in [3.63, 3.8) is 0 Å². The molecule has 2 rings (SSSR count). The molecule has 1 unspecified atom stereocenters. The van der Waals surface area contributed by atoms with Gasteiger partial charge in [-0.1, -0.05) is 45.9 Å². The maximum atomic E-state index is 13.2. The predicted molar refractivity (Wildman–Crippen MR) is 114 cm³/mol. The van der Waals surface area contributed by atoms with Crippen molar-refractivity contribution >= 4 is 17.4 Å². The van der Waals surface area contributed by atoms with Gasteiger partial charge in [0.2, 0.25) is 0 Å². The Hall–Kier alpha value is -3.03. The largest absolute Gasteiger partial charge is 0.481 e. The van der Waals surface area contributed by atoms with Crippen molar-refractivity contribution in [2.45, 2.75) is 47.3 Å². The molecule has 8 nitrogen and oxygen atoms in total. The number of nitrogens with zero attached hydrogens (tertiary/aromatic N) is 2. The molecule has 1 amide bonds. The van der Waals surface area contributed by atoms with Crippen LogP contribution in [0.4, 0.5) is 11.5 Å². The fourth-order valence-corrected chi connectivity index (χ4v) is 3.01. The van der Waals surface area contributed by atoms with Crippen LogP contribution in [0, 0.1) is 11.8 Å². The summed E-state index contributed by atoms with van der Waals surface area (Å²) in [6.45, 7) is 9.93. The molecule has 3 N–H and O–H groups in total. The quantitative estimate of drug-likeness (QED) is 0.703. The standard InChI is InChI=1S/C21H30N4O4/c1-13(2)11-24(20(27)15(5)29-16-9-7-6-8-10-16)17-18(22)25(12-14(3)4)21(28)23-19(17)26/h6-10,13-15H,11-12,22H2,1-5H3,(H,23,26,28). The fraction of sp³-hybridized carbons (Fsp3) is 0.476. The number of nitrogen functional groups attached to an aromatic ring is 1. The molecule has 0 bridgehead atoms. The molecule has 1 heterocycles. The summed E-state index contributed by atoms with van der Waals surface area (Å²) in [5.41, 5.74) is 4.91. The summed E-state index contributed by atoms with van der Waals surface area (Å²) in [6.07, 6.45) is -0.847. The number of hydrogen-bond acceptors (Lipinski definition) is 5. The topological polar surface area (TPSA) is 110 Å². The minimum Gasteiger partial charge on any atom is -0.481 e. The Labute approximate surface area is 170 Å². The van der Waals surface area contributed by atoms with Crippen LogP contribution in [0.1, 0.15) is 34.6 Å². The Morgan fingerprint density at radius 1 is 1.10 bits per heavy atom. The first kappa shape index (κ1) is 22.3. The van der Waals surface area contributed by atoms with Gasteiger partial charge in [-0.3, -0.25) is 19.1 Å². The van der Waals surface area contributed by atoms with Crippen molar-refractivity contribution in [3.05, 3.63) is 51.2 Å². The van der Waals surface area contributed by atoms with Crippen LogP contribution in [0.15, 0.2) is 39.9 Å². The van der Waals surface area contributed by atoms with E-state index >= 15 is 0 Å². The number of carbonyl (C=O) groups is 1. The van der Waals surface area contributed by atoms with E-state index in [1.165, 1.54) is 9.47 Å². The number of nitrogens with one attached hydrogen (secondary N) is 1. The van der Waals surface area contributed by atoms with Crippen molar-refractivity contribution in [2.24, 2.45) is 11.8 Å². The highest BCUT2D eigenvalue weighted by Gasteiger charge is 2.29. The highest BCUT2D eigenvalue weighted by molar-refractivity contribution is 5.98. The van der Waals surface area contributed by atoms with Crippen LogP contribution in [0.5, 0.6) is 5.75 Å². The normalized spacial score (nSPS) is 12.2. The summed E-state index contributed by atoms with van der Waals surface area (Å²) < 4.78 is 7.04. The highest BCUT2D eigenvalue weighted by atomic mass is 16.5. The fourth-order valence-electron chi connectivity index (χ4n) is 3.01. The van der Waals surface area contributed by atoms with Crippen LogP contribution < -0.4 is 26.6 Å². The molecule has 0 spiro atoms. The summed E-state index contributed by atoms with van der Waals surface area (Å²) in [6, 6.07) is 8.97. The Kier molecular flexibility index (Phi) is 7.25. The van der Waals surface area contributed by atoms with Gasteiger partial charge in [0.05, 0.1) is 0 Å². The highest BCUT2D eigenvalue weighted by Crippen LogP contribution is 2.21. The Balaban J connectivity index is 2.48. The lowest BCUT2D eigenvalue weighted by molar-refractivity contribution is -0.124. The first-order valence-electron chi connectivity index (χ1n) is 9.77. The number of aromatic amines is 1. The van der Waals surface area contributed by atoms with Crippen molar-refractivity contribution in [3.8, 4) is 5.75 Å². The molecule has 0 fully saturated rings. The number of aromatic nitrogens is 2. The van der Waals surface area contributed by atoms with Crippen LogP contribution in [0.2, 0.25) is 0 Å². The lowest BCUT2D eigenvalue weighted by Crippen LogP contribution is -2.47. The minimum absolute atomic E-state index is 0.0200. The number of benzene rings is 1. The first-order chi connectivity index (χ1) is 13.6. The van der Waals surface area contributed by atoms with Gasteiger partial charge in [0.1, 0.15) is 11.6 Å². The number of amides is 1. The van der Waals surface area contributed by atoms with E-state index in [-0.39, 0.29) is 29.9 Å². The Morgan fingerprint density at radius 2 is 1.72 bits per heavy atom. The van der Waals surface area contributed by atoms with Gasteiger partial charge in [-0.05, 0) is 30.9 Å². The number of anilines is 2. The maximum absolute atomic E-state index is 13.2. The van der Waals surface area contributed by atoms with Gasteiger partial charge >= 0.3 is 5.69 Å². The lowest BCUT2D eigenvalue weighted by atomic mass is 10.1. The molecule has 0 aliphatic carbocycles. The van der Waals surface area contributed by atoms with E-state index in [2.05, 4.69) is 4.98 Å². The Bertz CT molecular complexity index is 947. The van der Waals surface area contributed by atoms with Crippen LogP contribution in [0.25, 0.3) is 0 Å². The molecule has 158 valence electrons. The summed E-state index contributed by atoms with van der Waals surface area (Å²) >= 11 is 0. The van der Waals surface area contributed by atoms with E-state index in [0.717, 1.165) is 0 Å². The summed E-state index contributed by atoms with van der Waals surface area (Å²) in [5.74, 6) is 0.308. The van der Waals surface area contributed by atoms with Crippen molar-refractivity contribution in [1.82, 2.24) is 9.55 Å². The third-order valence-electron chi connectivity index (χ3n) is 4.25. The molecule has 1 aromatic heterocycles. The average Bonchev–Trinajstić information content (AvgIpc) is 2.64. The molecular formula is C21H30N4O4. The van der Waals surface area contributed by atoms with Gasteiger partial charge in [0, 0.05) is 13.1 Å². The second kappa shape index (κ2) is 9.45. The number of ether oxygens (including phenoxy) is 1. The molecule has 1 atom stereocenters. The predicted octanol–water partition coefficient (Wildman–Crippen LogP) is 2.23. The molecule has 0 saturated carbocycles. The van der Waals surface area contributed by atoms with E-state index in [1.54, 1.807) is 19.1 Å². The van der Waals surface area contributed by atoms with Gasteiger partial charge in [-0.15, -0.1) is 0 Å². The summed E-state index contributed by atoms with van der Waals surface area (Å²) in [4.78, 5) is 41.7. The maximum Gasteiger partial charge on any atom is 0.330 e. The smallest absolute Gasteiger partial charge is 0.330 e. The monoisotopic (exact) mass is 402 g/mol. The third-order valence-corrected chi connectivity index (χ3v) is 4.25. The number of carbonyl (C=O) groups excluding carboxylic acids is 1. The van der Waals surface area contributed by atoms with Crippen LogP contribution in [0.3, 0.4) is 0 Å². The van der Waals surface area contributed by atoms with E-state index < -0.39 is 23.3 Å². The van der Waals surface area contributed by atoms with E-state index in [0.29, 0.717) is 12.3 Å². The molecule has 1 aromatic carbocycles. The summed E-state index contributed by atoms with van der Waals surface area (Å²) in [5, 5.41) is 0. The van der Waals surface area contributed by atoms with Crippen LogP contribution >= 0.6 is 0 Å². The van der Waals surface area contributed by atoms with E-state index in [9.17, 15) is 14.4 Å². The van der Waals surface area contributed by atoms with Gasteiger partial charge in [-0.2, -0.15) is 0 Å². The van der Waals surface area contributed by atoms with Crippen molar-refractivity contribution in [2.75, 3.05) is 17.2 Å². The molecule has 0 aliphatic heterocycles. The first-order valence-corrected chi connectivity index (χ1v) is 9.77.